The summed E-state index contributed by atoms with van der Waals surface area (Å²) in [6, 6.07) is 0. The first-order chi connectivity index (χ1) is 72.7. The number of rotatable bonds is 105. The number of carbonyl (C=O) groups excluding carboxylic acids is 5. The number of hydrogen-bond acceptors (Lipinski definition) is 17. The average molecular weight is 2120 g/mol. The van der Waals surface area contributed by atoms with E-state index in [0.29, 0.717) is 36.2 Å². The van der Waals surface area contributed by atoms with Gasteiger partial charge in [0.1, 0.15) is 31.0 Å². The molecule has 0 amide bonds. The van der Waals surface area contributed by atoms with Gasteiger partial charge in [-0.3, -0.25) is 9.59 Å². The third kappa shape index (κ3) is 74.6. The van der Waals surface area contributed by atoms with Gasteiger partial charge in [0.2, 0.25) is 12.6 Å². The predicted octanol–water partition coefficient (Wildman–Crippen LogP) is 37.8. The van der Waals surface area contributed by atoms with Crippen LogP contribution in [0.2, 0.25) is 0 Å². The van der Waals surface area contributed by atoms with Crippen molar-refractivity contribution in [2.24, 2.45) is 53.3 Å². The largest absolute Gasteiger partial charge is 0.459 e. The number of ether oxygens (including phenoxy) is 8. The van der Waals surface area contributed by atoms with E-state index in [-0.39, 0.29) is 47.2 Å². The fourth-order valence-corrected chi connectivity index (χ4v) is 23.5. The molecular formula is C133H248O17. The second-order valence-corrected chi connectivity index (χ2v) is 49.0. The van der Waals surface area contributed by atoms with Crippen molar-refractivity contribution in [3.05, 3.63) is 34.9 Å². The highest BCUT2D eigenvalue weighted by Crippen LogP contribution is 2.38. The minimum Gasteiger partial charge on any atom is -0.459 e. The molecule has 17 nitrogen and oxygen atoms in total. The molecule has 0 aliphatic carbocycles. The molecule has 0 spiro atoms. The lowest BCUT2D eigenvalue weighted by molar-refractivity contribution is -0.377. The minimum atomic E-state index is -1.98. The number of allylic oxidation sites excluding steroid dienone is 3. The van der Waals surface area contributed by atoms with E-state index in [1.807, 2.05) is 25.2 Å². The van der Waals surface area contributed by atoms with Gasteiger partial charge in [0, 0.05) is 23.1 Å². The lowest BCUT2D eigenvalue weighted by Crippen LogP contribution is -2.66. The zero-order chi connectivity index (χ0) is 110. The Morgan fingerprint density at radius 1 is 0.280 bits per heavy atom. The molecule has 150 heavy (non-hydrogen) atoms. The van der Waals surface area contributed by atoms with Crippen molar-refractivity contribution in [2.45, 2.75) is 718 Å². The Labute approximate surface area is 926 Å². The molecule has 2 saturated heterocycles. The van der Waals surface area contributed by atoms with Crippen LogP contribution in [0.1, 0.15) is 651 Å². The van der Waals surface area contributed by atoms with Crippen LogP contribution in [0.15, 0.2) is 34.9 Å². The molecule has 2 heterocycles. The van der Waals surface area contributed by atoms with Gasteiger partial charge in [-0.15, -0.1) is 0 Å². The van der Waals surface area contributed by atoms with Crippen molar-refractivity contribution in [3.8, 4) is 0 Å². The second-order valence-electron chi connectivity index (χ2n) is 49.0. The molecule has 4 N–H and O–H groups in total. The molecule has 20 atom stereocenters. The molecule has 4 unspecified atom stereocenters. The molecule has 0 aromatic rings. The van der Waals surface area contributed by atoms with Crippen LogP contribution >= 0.6 is 0 Å². The SMILES string of the molecule is CCCCCCCCCCCCCCCCCCC[C@H](C)C[C@H](C)/C=C(\C)C(=O)OCC1O[C@H](O[C@H]2OC(CO)[C@@H](OC(=O)[C@@H](C)[C@@H](O)[C@@H](C)C[C@@H](C)CCCCCCCCCCCCCCCCCC)C(O)[C@@H]2OC(=O)/C(C)=C/[C@@H](C)C[C@@H](C)CCCCCCCCCCCCCCCC)[C@H](OC(=O)CCCCCCCCCCCCCCC)C(OC(=O)/C(C)=C/[C@@H](C)C[C@@H](C)CCCCCCCCCCCCCCCC)[C@@H]1O. The number of unbranched alkanes of at least 4 members (excludes halogenated alkanes) is 69. The van der Waals surface area contributed by atoms with Crippen molar-refractivity contribution < 1.29 is 82.3 Å². The summed E-state index contributed by atoms with van der Waals surface area (Å²) in [6.45, 7) is 33.7. The molecule has 17 heteroatoms. The Hall–Kier alpha value is -3.71. The number of esters is 5. The summed E-state index contributed by atoms with van der Waals surface area (Å²) in [5.74, 6) is -3.98. The van der Waals surface area contributed by atoms with Crippen molar-refractivity contribution in [2.75, 3.05) is 13.2 Å². The molecular weight excluding hydrogens is 1870 g/mol. The maximum atomic E-state index is 15.1. The van der Waals surface area contributed by atoms with Crippen molar-refractivity contribution >= 4 is 29.8 Å². The summed E-state index contributed by atoms with van der Waals surface area (Å²) >= 11 is 0. The molecule has 2 fully saturated rings. The number of aliphatic hydroxyl groups is 4. The molecule has 0 bridgehead atoms. The third-order valence-electron chi connectivity index (χ3n) is 33.1. The highest BCUT2D eigenvalue weighted by Gasteiger charge is 2.56. The first kappa shape index (κ1) is 142. The first-order valence-corrected chi connectivity index (χ1v) is 65.3. The quantitative estimate of drug-likeness (QED) is 0.0192. The second kappa shape index (κ2) is 97.3. The van der Waals surface area contributed by atoms with E-state index >= 15 is 9.59 Å². The van der Waals surface area contributed by atoms with E-state index < -0.39 is 116 Å². The van der Waals surface area contributed by atoms with Gasteiger partial charge in [-0.2, -0.15) is 0 Å². The van der Waals surface area contributed by atoms with Gasteiger partial charge >= 0.3 is 29.8 Å². The van der Waals surface area contributed by atoms with Crippen LogP contribution in [-0.2, 0) is 61.9 Å². The Morgan fingerprint density at radius 2 is 0.527 bits per heavy atom. The number of carbonyl (C=O) groups is 5. The van der Waals surface area contributed by atoms with Crippen LogP contribution in [0.25, 0.3) is 0 Å². The van der Waals surface area contributed by atoms with Crippen LogP contribution in [0.5, 0.6) is 0 Å². The summed E-state index contributed by atoms with van der Waals surface area (Å²) in [4.78, 5) is 74.3. The Kier molecular flexibility index (Phi) is 92.4. The maximum absolute atomic E-state index is 15.1. The smallest absolute Gasteiger partial charge is 0.333 e. The van der Waals surface area contributed by atoms with Crippen molar-refractivity contribution in [1.29, 1.82) is 0 Å². The van der Waals surface area contributed by atoms with Crippen molar-refractivity contribution in [1.82, 2.24) is 0 Å². The summed E-state index contributed by atoms with van der Waals surface area (Å²) in [5, 5.41) is 49.7. The molecule has 2 rings (SSSR count). The van der Waals surface area contributed by atoms with E-state index in [9.17, 15) is 34.8 Å². The summed E-state index contributed by atoms with van der Waals surface area (Å²) in [5.41, 5.74) is 0.837. The number of hydrogen-bond donors (Lipinski definition) is 4. The third-order valence-corrected chi connectivity index (χ3v) is 33.1. The van der Waals surface area contributed by atoms with Crippen LogP contribution in [0.3, 0.4) is 0 Å². The number of aliphatic hydroxyl groups excluding tert-OH is 4. The van der Waals surface area contributed by atoms with Crippen LogP contribution in [-0.4, -0.2) is 131 Å². The van der Waals surface area contributed by atoms with Gasteiger partial charge in [-0.1, -0.05) is 603 Å². The van der Waals surface area contributed by atoms with E-state index in [0.717, 1.165) is 109 Å². The van der Waals surface area contributed by atoms with E-state index in [1.165, 1.54) is 405 Å². The van der Waals surface area contributed by atoms with Gasteiger partial charge in [0.15, 0.2) is 24.4 Å². The molecule has 0 aromatic heterocycles. The zero-order valence-electron chi connectivity index (χ0n) is 101. The molecule has 2 aliphatic rings. The van der Waals surface area contributed by atoms with Gasteiger partial charge in [-0.25, -0.2) is 14.4 Å². The molecule has 2 aliphatic heterocycles. The van der Waals surface area contributed by atoms with Gasteiger partial charge < -0.3 is 58.3 Å². The van der Waals surface area contributed by atoms with Crippen molar-refractivity contribution in [3.63, 3.8) is 0 Å². The van der Waals surface area contributed by atoms with Gasteiger partial charge in [0.25, 0.3) is 0 Å². The summed E-state index contributed by atoms with van der Waals surface area (Å²) in [6.07, 6.45) is 87.8. The highest BCUT2D eigenvalue weighted by molar-refractivity contribution is 5.89. The van der Waals surface area contributed by atoms with E-state index in [1.54, 1.807) is 27.7 Å². The zero-order valence-corrected chi connectivity index (χ0v) is 101. The highest BCUT2D eigenvalue weighted by atomic mass is 16.8. The van der Waals surface area contributed by atoms with Crippen LogP contribution in [0, 0.1) is 53.3 Å². The summed E-state index contributed by atoms with van der Waals surface area (Å²) in [7, 11) is 0. The normalized spacial score (nSPS) is 20.4. The summed E-state index contributed by atoms with van der Waals surface area (Å²) < 4.78 is 52.2. The Bertz CT molecular complexity index is 3220. The minimum absolute atomic E-state index is 0.0298. The first-order valence-electron chi connectivity index (χ1n) is 65.3. The molecule has 0 aromatic carbocycles. The molecule has 882 valence electrons. The van der Waals surface area contributed by atoms with E-state index in [2.05, 4.69) is 83.1 Å². The Morgan fingerprint density at radius 3 is 0.813 bits per heavy atom. The maximum Gasteiger partial charge on any atom is 0.333 e. The fourth-order valence-electron chi connectivity index (χ4n) is 23.5. The average Bonchev–Trinajstić information content (AvgIpc) is 0.768. The standard InChI is InChI=1S/C133H248O17/c1-18-23-28-33-38-43-48-53-57-59-61-65-69-74-77-82-87-92-106(6)97-110(10)101-114(14)128(139)143-105-119-122(137)125(148-129(140)115(15)102-111(11)98-107(7)93-88-83-78-72-67-63-55-50-45-40-35-30-25-20-3)127(146-120(135)96-91-86-81-76-71-62-52-47-42-37-32-27-22-5)133(145-119)150-132-126(149-130(141)116(16)103-112(12)99-108(8)94-89-84-79-73-68-64-56-51-46-41-36-31-26-21-4)123(138)124(118(104-134)144-132)147-131(142)117(17)121(136)113(13)100-109(9)95-90-85-80-75-70-66-60-58-54-49-44-39-34-29-24-19-2/h101-103,106-113,117-119,121-127,132-134,136-138H,18-100,104-105H2,1-17H3/b114-101+,115-102+,116-103+/t106-,107-,108-,109-,110-,111-,112-,113-,117-,118?,119?,121-,122+,123?,124+,125?,126-,127+,132+,133+/m0/s1. The predicted molar refractivity (Wildman–Crippen MR) is 629 cm³/mol. The molecule has 0 saturated carbocycles. The topological polar surface area (TPSA) is 240 Å². The van der Waals surface area contributed by atoms with E-state index in [4.69, 9.17) is 37.9 Å². The van der Waals surface area contributed by atoms with Gasteiger partial charge in [-0.05, 0) is 107 Å². The fraction of sp³-hybridized carbons (Fsp3) is 0.917. The lowest BCUT2D eigenvalue weighted by atomic mass is 9.85. The van der Waals surface area contributed by atoms with Gasteiger partial charge in [0.05, 0.1) is 18.6 Å². The van der Waals surface area contributed by atoms with Crippen LogP contribution in [0.4, 0.5) is 0 Å². The Balaban J connectivity index is 2.69. The van der Waals surface area contributed by atoms with Crippen LogP contribution < -0.4 is 0 Å². The molecule has 0 radical (unpaired) electrons. The lowest BCUT2D eigenvalue weighted by Gasteiger charge is -2.47. The monoisotopic (exact) mass is 2120 g/mol.